The van der Waals surface area contributed by atoms with Crippen molar-refractivity contribution in [2.24, 2.45) is 0 Å². The summed E-state index contributed by atoms with van der Waals surface area (Å²) in [6, 6.07) is 0. The Morgan fingerprint density at radius 2 is 2.47 bits per heavy atom. The van der Waals surface area contributed by atoms with Crippen molar-refractivity contribution in [3.8, 4) is 0 Å². The summed E-state index contributed by atoms with van der Waals surface area (Å²) in [4.78, 5) is 6.32. The van der Waals surface area contributed by atoms with Gasteiger partial charge >= 0.3 is 0 Å². The van der Waals surface area contributed by atoms with Crippen LogP contribution < -0.4 is 0 Å². The number of imidazole rings is 1. The van der Waals surface area contributed by atoms with Gasteiger partial charge in [0, 0.05) is 13.1 Å². The lowest BCUT2D eigenvalue weighted by atomic mass is 10.3. The fraction of sp³-hybridized carbons (Fsp3) is 0.625. The molecule has 6 nitrogen and oxygen atoms in total. The van der Waals surface area contributed by atoms with Crippen molar-refractivity contribution in [1.82, 2.24) is 14.3 Å². The van der Waals surface area contributed by atoms with Gasteiger partial charge in [-0.15, -0.1) is 0 Å². The minimum Gasteiger partial charge on any atom is -0.376 e. The van der Waals surface area contributed by atoms with Crippen molar-refractivity contribution in [1.29, 1.82) is 0 Å². The zero-order chi connectivity index (χ0) is 10.9. The van der Waals surface area contributed by atoms with Crippen LogP contribution in [0.15, 0.2) is 17.6 Å². The fourth-order valence-electron chi connectivity index (χ4n) is 1.53. The lowest BCUT2D eigenvalue weighted by Gasteiger charge is -2.29. The summed E-state index contributed by atoms with van der Waals surface area (Å²) in [6.45, 7) is 3.08. The number of aromatic amines is 1. The molecule has 0 aromatic carbocycles. The van der Waals surface area contributed by atoms with E-state index in [4.69, 9.17) is 4.74 Å². The van der Waals surface area contributed by atoms with E-state index in [1.165, 1.54) is 16.8 Å². The average molecular weight is 231 g/mol. The monoisotopic (exact) mass is 231 g/mol. The van der Waals surface area contributed by atoms with E-state index in [0.717, 1.165) is 0 Å². The van der Waals surface area contributed by atoms with Crippen molar-refractivity contribution in [3.63, 3.8) is 0 Å². The summed E-state index contributed by atoms with van der Waals surface area (Å²) < 4.78 is 30.7. The lowest BCUT2D eigenvalue weighted by Crippen LogP contribution is -2.44. The van der Waals surface area contributed by atoms with Gasteiger partial charge in [-0.05, 0) is 6.92 Å². The summed E-state index contributed by atoms with van der Waals surface area (Å²) in [6.07, 6.45) is 2.61. The molecule has 7 heteroatoms. The maximum absolute atomic E-state index is 12.0. The number of aromatic nitrogens is 2. The van der Waals surface area contributed by atoms with Crippen molar-refractivity contribution < 1.29 is 13.2 Å². The Bertz CT molecular complexity index is 414. The zero-order valence-electron chi connectivity index (χ0n) is 8.38. The molecule has 1 aliphatic rings. The first-order chi connectivity index (χ1) is 7.10. The normalized spacial score (nSPS) is 24.2. The van der Waals surface area contributed by atoms with E-state index >= 15 is 0 Å². The van der Waals surface area contributed by atoms with Crippen LogP contribution in [0.4, 0.5) is 0 Å². The van der Waals surface area contributed by atoms with E-state index in [-0.39, 0.29) is 11.1 Å². The van der Waals surface area contributed by atoms with Crippen molar-refractivity contribution >= 4 is 10.0 Å². The molecule has 2 heterocycles. The molecule has 0 saturated carbocycles. The number of hydrogen-bond donors (Lipinski definition) is 1. The van der Waals surface area contributed by atoms with Crippen LogP contribution >= 0.6 is 0 Å². The van der Waals surface area contributed by atoms with Crippen LogP contribution in [0.3, 0.4) is 0 Å². The Hall–Kier alpha value is -0.920. The fourth-order valence-corrected chi connectivity index (χ4v) is 2.92. The molecule has 2 rings (SSSR count). The molecular weight excluding hydrogens is 218 g/mol. The molecule has 1 unspecified atom stereocenters. The second-order valence-corrected chi connectivity index (χ2v) is 5.37. The van der Waals surface area contributed by atoms with Gasteiger partial charge in [0.05, 0.1) is 25.2 Å². The van der Waals surface area contributed by atoms with Crippen LogP contribution in [0.25, 0.3) is 0 Å². The molecule has 1 aromatic heterocycles. The molecular formula is C8H13N3O3S. The van der Waals surface area contributed by atoms with Gasteiger partial charge in [-0.2, -0.15) is 4.31 Å². The van der Waals surface area contributed by atoms with E-state index < -0.39 is 10.0 Å². The Balaban J connectivity index is 2.22. The number of nitrogens with one attached hydrogen (secondary N) is 1. The van der Waals surface area contributed by atoms with Gasteiger partial charge in [-0.25, -0.2) is 13.4 Å². The minimum absolute atomic E-state index is 0.0588. The average Bonchev–Trinajstić information content (AvgIpc) is 2.71. The summed E-state index contributed by atoms with van der Waals surface area (Å²) in [5.74, 6) is 0. The van der Waals surface area contributed by atoms with Gasteiger partial charge in [-0.1, -0.05) is 0 Å². The lowest BCUT2D eigenvalue weighted by molar-refractivity contribution is 0.0101. The number of hydrogen-bond acceptors (Lipinski definition) is 4. The van der Waals surface area contributed by atoms with Gasteiger partial charge in [0.1, 0.15) is 0 Å². The Morgan fingerprint density at radius 3 is 3.07 bits per heavy atom. The molecule has 84 valence electrons. The van der Waals surface area contributed by atoms with Crippen LogP contribution in [0.5, 0.6) is 0 Å². The third-order valence-electron chi connectivity index (χ3n) is 2.29. The standard InChI is InChI=1S/C8H13N3O3S/c1-7-5-11(2-3-14-7)15(12,13)8-4-9-6-10-8/h4,6-7H,2-3,5H2,1H3,(H,9,10). The highest BCUT2D eigenvalue weighted by atomic mass is 32.2. The van der Waals surface area contributed by atoms with Crippen LogP contribution in [0, 0.1) is 0 Å². The number of sulfonamides is 1. The first-order valence-corrected chi connectivity index (χ1v) is 6.15. The Morgan fingerprint density at radius 1 is 1.67 bits per heavy atom. The molecule has 1 saturated heterocycles. The Kier molecular flexibility index (Phi) is 2.76. The maximum Gasteiger partial charge on any atom is 0.260 e. The Labute approximate surface area is 88.3 Å². The van der Waals surface area contributed by atoms with Crippen LogP contribution in [0.2, 0.25) is 0 Å². The highest BCUT2D eigenvalue weighted by Gasteiger charge is 2.29. The number of morpholine rings is 1. The quantitative estimate of drug-likeness (QED) is 0.766. The van der Waals surface area contributed by atoms with E-state index in [0.29, 0.717) is 19.7 Å². The largest absolute Gasteiger partial charge is 0.376 e. The smallest absolute Gasteiger partial charge is 0.260 e. The van der Waals surface area contributed by atoms with Gasteiger partial charge < -0.3 is 9.72 Å². The molecule has 1 aliphatic heterocycles. The topological polar surface area (TPSA) is 75.3 Å². The second-order valence-electron chi connectivity index (χ2n) is 3.46. The van der Waals surface area contributed by atoms with Gasteiger partial charge in [-0.3, -0.25) is 0 Å². The molecule has 0 bridgehead atoms. The zero-order valence-corrected chi connectivity index (χ0v) is 9.20. The van der Waals surface area contributed by atoms with E-state index in [1.54, 1.807) is 0 Å². The SMILES string of the molecule is CC1CN(S(=O)(=O)c2cnc[nH]2)CCO1. The highest BCUT2D eigenvalue weighted by molar-refractivity contribution is 7.89. The summed E-state index contributed by atoms with van der Waals surface area (Å²) in [5.41, 5.74) is 0. The number of nitrogens with zero attached hydrogens (tertiary/aromatic N) is 2. The van der Waals surface area contributed by atoms with Gasteiger partial charge in [0.25, 0.3) is 10.0 Å². The first kappa shape index (κ1) is 10.6. The molecule has 1 aromatic rings. The highest BCUT2D eigenvalue weighted by Crippen LogP contribution is 2.15. The molecule has 0 spiro atoms. The molecule has 15 heavy (non-hydrogen) atoms. The molecule has 0 amide bonds. The van der Waals surface area contributed by atoms with E-state index in [9.17, 15) is 8.42 Å². The third-order valence-corrected chi connectivity index (χ3v) is 4.09. The van der Waals surface area contributed by atoms with Crippen LogP contribution in [-0.2, 0) is 14.8 Å². The minimum atomic E-state index is -3.42. The van der Waals surface area contributed by atoms with Crippen molar-refractivity contribution in [3.05, 3.63) is 12.5 Å². The molecule has 0 aliphatic carbocycles. The van der Waals surface area contributed by atoms with Crippen LogP contribution in [0.1, 0.15) is 6.92 Å². The number of ether oxygens (including phenoxy) is 1. The maximum atomic E-state index is 12.0. The van der Waals surface area contributed by atoms with E-state index in [2.05, 4.69) is 9.97 Å². The summed E-state index contributed by atoms with van der Waals surface area (Å²) in [7, 11) is -3.42. The van der Waals surface area contributed by atoms with Crippen molar-refractivity contribution in [2.75, 3.05) is 19.7 Å². The van der Waals surface area contributed by atoms with Gasteiger partial charge in [0.15, 0.2) is 5.03 Å². The van der Waals surface area contributed by atoms with Crippen molar-refractivity contribution in [2.45, 2.75) is 18.1 Å². The second kappa shape index (κ2) is 3.92. The molecule has 0 radical (unpaired) electrons. The molecule has 1 fully saturated rings. The predicted octanol–water partition coefficient (Wildman–Crippen LogP) is -0.181. The molecule has 1 atom stereocenters. The summed E-state index contributed by atoms with van der Waals surface area (Å²) >= 11 is 0. The third kappa shape index (κ3) is 2.04. The molecule has 1 N–H and O–H groups in total. The van der Waals surface area contributed by atoms with Gasteiger partial charge in [0.2, 0.25) is 0 Å². The van der Waals surface area contributed by atoms with Crippen LogP contribution in [-0.4, -0.2) is 48.5 Å². The number of H-pyrrole nitrogens is 1. The summed E-state index contributed by atoms with van der Waals surface area (Å²) in [5, 5.41) is 0.136. The predicted molar refractivity (Wildman–Crippen MR) is 52.8 cm³/mol. The van der Waals surface area contributed by atoms with E-state index in [1.807, 2.05) is 6.92 Å². The first-order valence-electron chi connectivity index (χ1n) is 4.71. The number of rotatable bonds is 2.